The zero-order chi connectivity index (χ0) is 23.6. The van der Waals surface area contributed by atoms with Crippen LogP contribution in [0.5, 0.6) is 0 Å². The Morgan fingerprint density at radius 1 is 1.12 bits per heavy atom. The van der Waals surface area contributed by atoms with E-state index in [1.807, 2.05) is 12.3 Å². The molecule has 4 aliphatic carbocycles. The summed E-state index contributed by atoms with van der Waals surface area (Å²) in [6.07, 6.45) is 11.3. The van der Waals surface area contributed by atoms with Crippen molar-refractivity contribution in [3.05, 3.63) is 36.3 Å². The number of esters is 1. The Bertz CT molecular complexity index is 1050. The van der Waals surface area contributed by atoms with Crippen LogP contribution in [0.4, 0.5) is 0 Å². The van der Waals surface area contributed by atoms with Crippen LogP contribution in [0.2, 0.25) is 0 Å². The lowest BCUT2D eigenvalue weighted by molar-refractivity contribution is -0.232. The van der Waals surface area contributed by atoms with Crippen LogP contribution < -0.4 is 0 Å². The number of epoxide rings is 1. The van der Waals surface area contributed by atoms with Crippen molar-refractivity contribution in [2.24, 2.45) is 33.5 Å². The average Bonchev–Trinajstić information content (AvgIpc) is 3.10. The van der Waals surface area contributed by atoms with Crippen molar-refractivity contribution < 1.29 is 23.5 Å². The minimum absolute atomic E-state index is 0.0574. The predicted molar refractivity (Wildman–Crippen MR) is 122 cm³/mol. The third-order valence-electron chi connectivity index (χ3n) is 11.2. The highest BCUT2D eigenvalue weighted by Gasteiger charge is 2.87. The van der Waals surface area contributed by atoms with Gasteiger partial charge in [0.05, 0.1) is 18.6 Å². The van der Waals surface area contributed by atoms with Gasteiger partial charge in [0.25, 0.3) is 0 Å². The van der Waals surface area contributed by atoms with Crippen LogP contribution in [0.25, 0.3) is 0 Å². The lowest BCUT2D eigenvalue weighted by Gasteiger charge is -2.67. The lowest BCUT2D eigenvalue weighted by Crippen LogP contribution is -2.70. The Balaban J connectivity index is 1.52. The maximum absolute atomic E-state index is 12.9. The van der Waals surface area contributed by atoms with Crippen molar-refractivity contribution in [1.82, 2.24) is 0 Å². The minimum atomic E-state index is -0.486. The second kappa shape index (κ2) is 6.21. The summed E-state index contributed by atoms with van der Waals surface area (Å²) in [6.45, 7) is 12.7. The zero-order valence-corrected chi connectivity index (χ0v) is 20.6. The first kappa shape index (κ1) is 21.6. The standard InChI is InChI=1S/C28H36O5/c1-16(29)32-22-14-20-24(2,3)21(30)8-10-25(20,4)19-7-11-26(5)18(17-9-12-31-15-17)13-23-28(26,33-23)27(19,22)6/h8-10,12,15,18-20,22-23H,7,11,13-14H2,1-6H3/t18-,19-,20+,22-,23-,25-,26+,27+,28-/m1/s1. The van der Waals surface area contributed by atoms with E-state index >= 15 is 0 Å². The topological polar surface area (TPSA) is 69.0 Å². The fraction of sp³-hybridized carbons (Fsp3) is 0.714. The van der Waals surface area contributed by atoms with Gasteiger partial charge in [-0.15, -0.1) is 0 Å². The highest BCUT2D eigenvalue weighted by molar-refractivity contribution is 5.95. The molecular weight excluding hydrogens is 416 g/mol. The van der Waals surface area contributed by atoms with Crippen LogP contribution in [0.15, 0.2) is 35.2 Å². The summed E-state index contributed by atoms with van der Waals surface area (Å²) >= 11 is 0. The molecule has 1 spiro atoms. The molecule has 6 rings (SSSR count). The molecule has 0 unspecified atom stereocenters. The van der Waals surface area contributed by atoms with Gasteiger partial charge in [-0.05, 0) is 66.6 Å². The summed E-state index contributed by atoms with van der Waals surface area (Å²) in [7, 11) is 0. The molecule has 1 aromatic rings. The maximum Gasteiger partial charge on any atom is 0.302 e. The third kappa shape index (κ3) is 2.28. The Morgan fingerprint density at radius 3 is 2.55 bits per heavy atom. The van der Waals surface area contributed by atoms with Crippen LogP contribution in [0.1, 0.15) is 78.7 Å². The van der Waals surface area contributed by atoms with E-state index < -0.39 is 5.41 Å². The molecule has 0 aromatic carbocycles. The van der Waals surface area contributed by atoms with Gasteiger partial charge >= 0.3 is 5.97 Å². The number of carbonyl (C=O) groups excluding carboxylic acids is 2. The van der Waals surface area contributed by atoms with Gasteiger partial charge in [-0.25, -0.2) is 0 Å². The number of hydrogen-bond donors (Lipinski definition) is 0. The fourth-order valence-corrected chi connectivity index (χ4v) is 9.76. The van der Waals surface area contributed by atoms with Crippen molar-refractivity contribution in [1.29, 1.82) is 0 Å². The molecule has 0 N–H and O–H groups in total. The summed E-state index contributed by atoms with van der Waals surface area (Å²) in [5.41, 5.74) is -0.107. The molecule has 5 heteroatoms. The second-order valence-electron chi connectivity index (χ2n) is 12.7. The summed E-state index contributed by atoms with van der Waals surface area (Å²) in [6, 6.07) is 2.10. The molecule has 1 aromatic heterocycles. The van der Waals surface area contributed by atoms with E-state index in [4.69, 9.17) is 13.9 Å². The van der Waals surface area contributed by atoms with Gasteiger partial charge in [-0.1, -0.05) is 40.7 Å². The van der Waals surface area contributed by atoms with Crippen LogP contribution in [-0.2, 0) is 19.1 Å². The summed E-state index contributed by atoms with van der Waals surface area (Å²) in [5.74, 6) is 0.683. The van der Waals surface area contributed by atoms with Crippen molar-refractivity contribution in [2.75, 3.05) is 0 Å². The Labute approximate surface area is 196 Å². The molecule has 1 saturated heterocycles. The molecule has 3 saturated carbocycles. The van der Waals surface area contributed by atoms with E-state index in [0.717, 1.165) is 19.3 Å². The molecule has 33 heavy (non-hydrogen) atoms. The van der Waals surface area contributed by atoms with Crippen LogP contribution in [0, 0.1) is 33.5 Å². The number of ketones is 1. The molecule has 5 nitrogen and oxygen atoms in total. The van der Waals surface area contributed by atoms with Gasteiger partial charge in [0, 0.05) is 23.2 Å². The highest BCUT2D eigenvalue weighted by Crippen LogP contribution is 2.82. The number of hydrogen-bond acceptors (Lipinski definition) is 5. The lowest BCUT2D eigenvalue weighted by atomic mass is 9.36. The number of allylic oxidation sites excluding steroid dienone is 2. The van der Waals surface area contributed by atoms with Crippen molar-refractivity contribution in [3.63, 3.8) is 0 Å². The third-order valence-corrected chi connectivity index (χ3v) is 11.2. The quantitative estimate of drug-likeness (QED) is 0.441. The van der Waals surface area contributed by atoms with E-state index in [1.165, 1.54) is 12.5 Å². The smallest absolute Gasteiger partial charge is 0.302 e. The molecule has 1 aliphatic heterocycles. The molecule has 178 valence electrons. The largest absolute Gasteiger partial charge is 0.472 e. The predicted octanol–water partition coefficient (Wildman–Crippen LogP) is 5.45. The van der Waals surface area contributed by atoms with Crippen molar-refractivity contribution in [3.8, 4) is 0 Å². The average molecular weight is 453 g/mol. The van der Waals surface area contributed by atoms with E-state index in [2.05, 4.69) is 46.8 Å². The van der Waals surface area contributed by atoms with Crippen LogP contribution >= 0.6 is 0 Å². The van der Waals surface area contributed by atoms with E-state index in [0.29, 0.717) is 12.3 Å². The fourth-order valence-electron chi connectivity index (χ4n) is 9.76. The Hall–Kier alpha value is -1.88. The molecule has 0 radical (unpaired) electrons. The normalized spacial score (nSPS) is 51.2. The summed E-state index contributed by atoms with van der Waals surface area (Å²) < 4.78 is 18.4. The first-order valence-electron chi connectivity index (χ1n) is 12.5. The first-order valence-corrected chi connectivity index (χ1v) is 12.5. The molecule has 0 amide bonds. The highest BCUT2D eigenvalue weighted by atomic mass is 16.6. The van der Waals surface area contributed by atoms with Gasteiger partial charge in [0.1, 0.15) is 11.7 Å². The first-order chi connectivity index (χ1) is 15.4. The summed E-state index contributed by atoms with van der Waals surface area (Å²) in [5, 5.41) is 0. The van der Waals surface area contributed by atoms with E-state index in [9.17, 15) is 9.59 Å². The van der Waals surface area contributed by atoms with Gasteiger partial charge < -0.3 is 13.9 Å². The number of carbonyl (C=O) groups is 2. The molecule has 9 atom stereocenters. The minimum Gasteiger partial charge on any atom is -0.472 e. The Kier molecular flexibility index (Phi) is 4.07. The molecule has 4 fully saturated rings. The van der Waals surface area contributed by atoms with Crippen molar-refractivity contribution in [2.45, 2.75) is 91.0 Å². The van der Waals surface area contributed by atoms with Gasteiger partial charge in [0.15, 0.2) is 5.78 Å². The van der Waals surface area contributed by atoms with Gasteiger partial charge in [0.2, 0.25) is 0 Å². The zero-order valence-electron chi connectivity index (χ0n) is 20.6. The van der Waals surface area contributed by atoms with E-state index in [-0.39, 0.29) is 57.6 Å². The number of rotatable bonds is 2. The molecule has 2 heterocycles. The van der Waals surface area contributed by atoms with E-state index in [1.54, 1.807) is 6.26 Å². The number of fused-ring (bicyclic) bond motifs is 3. The maximum atomic E-state index is 12.9. The molecule has 5 aliphatic rings. The SMILES string of the molecule is CC(=O)O[C@@H]1C[C@H]2C(C)(C)C(=O)C=C[C@]2(C)[C@H]2CC[C@@]3(C)[C@@H](c4ccoc4)C[C@H]4O[C@]43[C@@]21C. The summed E-state index contributed by atoms with van der Waals surface area (Å²) in [4.78, 5) is 25.3. The number of ether oxygens (including phenoxy) is 2. The number of furan rings is 1. The van der Waals surface area contributed by atoms with Crippen molar-refractivity contribution >= 4 is 11.8 Å². The Morgan fingerprint density at radius 2 is 1.88 bits per heavy atom. The van der Waals surface area contributed by atoms with Crippen LogP contribution in [-0.4, -0.2) is 29.6 Å². The molecular formula is C28H36O5. The monoisotopic (exact) mass is 452 g/mol. The second-order valence-corrected chi connectivity index (χ2v) is 12.7. The molecule has 0 bridgehead atoms. The van der Waals surface area contributed by atoms with Crippen LogP contribution in [0.3, 0.4) is 0 Å². The van der Waals surface area contributed by atoms with Gasteiger partial charge in [-0.3, -0.25) is 9.59 Å². The van der Waals surface area contributed by atoms with Gasteiger partial charge in [-0.2, -0.15) is 0 Å².